The summed E-state index contributed by atoms with van der Waals surface area (Å²) in [5, 5.41) is 11.4. The van der Waals surface area contributed by atoms with Gasteiger partial charge in [0.05, 0.1) is 11.6 Å². The Balaban J connectivity index is 1.94. The van der Waals surface area contributed by atoms with Crippen LogP contribution in [0.1, 0.15) is 12.5 Å². The minimum Gasteiger partial charge on any atom is -0.392 e. The molecule has 0 aliphatic carbocycles. The highest BCUT2D eigenvalue weighted by atomic mass is 35.5. The highest BCUT2D eigenvalue weighted by Crippen LogP contribution is 2.24. The predicted octanol–water partition coefficient (Wildman–Crippen LogP) is 4.28. The van der Waals surface area contributed by atoms with Crippen LogP contribution in [0.5, 0.6) is 0 Å². The summed E-state index contributed by atoms with van der Waals surface area (Å²) in [4.78, 5) is 6.59. The zero-order chi connectivity index (χ0) is 16.2. The molecule has 0 radical (unpaired) electrons. The average molecular weight is 327 g/mol. The van der Waals surface area contributed by atoms with E-state index in [-0.39, 0.29) is 0 Å². The van der Waals surface area contributed by atoms with Gasteiger partial charge in [-0.2, -0.15) is 0 Å². The Kier molecular flexibility index (Phi) is 4.79. The SMILES string of the molecule is CC(O)CN(Cc1cc2ccccc2nc1Cl)c1ccccc1. The number of para-hydroxylation sites is 2. The fraction of sp³-hybridized carbons (Fsp3) is 0.211. The molecular formula is C19H19ClN2O. The highest BCUT2D eigenvalue weighted by Gasteiger charge is 2.13. The van der Waals surface area contributed by atoms with Crippen LogP contribution in [-0.2, 0) is 6.54 Å². The lowest BCUT2D eigenvalue weighted by Gasteiger charge is -2.26. The van der Waals surface area contributed by atoms with Crippen molar-refractivity contribution in [1.82, 2.24) is 4.98 Å². The van der Waals surface area contributed by atoms with Crippen LogP contribution in [-0.4, -0.2) is 22.7 Å². The highest BCUT2D eigenvalue weighted by molar-refractivity contribution is 6.30. The quantitative estimate of drug-likeness (QED) is 0.711. The van der Waals surface area contributed by atoms with Crippen LogP contribution in [0.3, 0.4) is 0 Å². The molecule has 0 aliphatic heterocycles. The maximum Gasteiger partial charge on any atom is 0.134 e. The van der Waals surface area contributed by atoms with Gasteiger partial charge in [-0.3, -0.25) is 0 Å². The van der Waals surface area contributed by atoms with E-state index in [1.54, 1.807) is 6.92 Å². The van der Waals surface area contributed by atoms with Gasteiger partial charge >= 0.3 is 0 Å². The first kappa shape index (κ1) is 15.8. The number of benzene rings is 2. The third-order valence-electron chi connectivity index (χ3n) is 3.72. The minimum atomic E-state index is -0.428. The Morgan fingerprint density at radius 1 is 1.09 bits per heavy atom. The summed E-state index contributed by atoms with van der Waals surface area (Å²) in [5.74, 6) is 0. The first-order valence-corrected chi connectivity index (χ1v) is 8.03. The lowest BCUT2D eigenvalue weighted by atomic mass is 10.1. The van der Waals surface area contributed by atoms with Crippen molar-refractivity contribution in [1.29, 1.82) is 0 Å². The standard InChI is InChI=1S/C19H19ClN2O/c1-14(23)12-22(17-8-3-2-4-9-17)13-16-11-15-7-5-6-10-18(15)21-19(16)20/h2-11,14,23H,12-13H2,1H3. The Morgan fingerprint density at radius 2 is 1.78 bits per heavy atom. The minimum absolute atomic E-state index is 0.428. The molecular weight excluding hydrogens is 308 g/mol. The van der Waals surface area contributed by atoms with Crippen LogP contribution in [0, 0.1) is 0 Å². The van der Waals surface area contributed by atoms with E-state index in [0.29, 0.717) is 18.2 Å². The number of hydrogen-bond acceptors (Lipinski definition) is 3. The molecule has 3 rings (SSSR count). The molecule has 0 spiro atoms. The summed E-state index contributed by atoms with van der Waals surface area (Å²) >= 11 is 6.37. The lowest BCUT2D eigenvalue weighted by Crippen LogP contribution is -2.30. The molecule has 3 nitrogen and oxygen atoms in total. The normalized spacial score (nSPS) is 12.3. The predicted molar refractivity (Wildman–Crippen MR) is 95.9 cm³/mol. The lowest BCUT2D eigenvalue weighted by molar-refractivity contribution is 0.199. The number of aromatic nitrogens is 1. The summed E-state index contributed by atoms with van der Waals surface area (Å²) in [6.07, 6.45) is -0.428. The van der Waals surface area contributed by atoms with Crippen LogP contribution < -0.4 is 4.90 Å². The van der Waals surface area contributed by atoms with Gasteiger partial charge in [0.25, 0.3) is 0 Å². The number of aliphatic hydroxyl groups excluding tert-OH is 1. The first-order chi connectivity index (χ1) is 11.1. The third kappa shape index (κ3) is 3.81. The number of hydrogen-bond donors (Lipinski definition) is 1. The van der Waals surface area contributed by atoms with Crippen molar-refractivity contribution in [2.24, 2.45) is 0 Å². The second-order valence-corrected chi connectivity index (χ2v) is 6.05. The molecule has 0 amide bonds. The van der Waals surface area contributed by atoms with Crippen LogP contribution in [0.2, 0.25) is 5.15 Å². The number of rotatable bonds is 5. The van der Waals surface area contributed by atoms with Gasteiger partial charge in [0.1, 0.15) is 5.15 Å². The maximum absolute atomic E-state index is 9.81. The Hall–Kier alpha value is -2.10. The zero-order valence-electron chi connectivity index (χ0n) is 13.0. The molecule has 1 N–H and O–H groups in total. The topological polar surface area (TPSA) is 36.4 Å². The van der Waals surface area contributed by atoms with Gasteiger partial charge in [-0.05, 0) is 31.2 Å². The van der Waals surface area contributed by atoms with Crippen molar-refractivity contribution in [3.05, 3.63) is 71.4 Å². The third-order valence-corrected chi connectivity index (χ3v) is 4.04. The summed E-state index contributed by atoms with van der Waals surface area (Å²) in [6.45, 7) is 2.93. The van der Waals surface area contributed by atoms with Gasteiger partial charge in [-0.25, -0.2) is 4.98 Å². The maximum atomic E-state index is 9.81. The molecule has 1 aromatic heterocycles. The van der Waals surface area contributed by atoms with Gasteiger partial charge in [0.2, 0.25) is 0 Å². The van der Waals surface area contributed by atoms with Gasteiger partial charge in [0, 0.05) is 29.7 Å². The van der Waals surface area contributed by atoms with Crippen LogP contribution in [0.25, 0.3) is 10.9 Å². The molecule has 1 atom stereocenters. The second-order valence-electron chi connectivity index (χ2n) is 5.70. The van der Waals surface area contributed by atoms with Gasteiger partial charge < -0.3 is 10.0 Å². The van der Waals surface area contributed by atoms with Gasteiger partial charge in [0.15, 0.2) is 0 Å². The molecule has 0 saturated heterocycles. The van der Waals surface area contributed by atoms with Crippen LogP contribution in [0.15, 0.2) is 60.7 Å². The summed E-state index contributed by atoms with van der Waals surface area (Å²) in [7, 11) is 0. The molecule has 1 heterocycles. The van der Waals surface area contributed by atoms with E-state index in [0.717, 1.165) is 22.2 Å². The van der Waals surface area contributed by atoms with E-state index < -0.39 is 6.10 Å². The number of nitrogens with zero attached hydrogens (tertiary/aromatic N) is 2. The van der Waals surface area contributed by atoms with Crippen molar-refractivity contribution in [2.75, 3.05) is 11.4 Å². The fourth-order valence-corrected chi connectivity index (χ4v) is 2.88. The average Bonchev–Trinajstić information content (AvgIpc) is 2.55. The molecule has 4 heteroatoms. The Morgan fingerprint density at radius 3 is 2.52 bits per heavy atom. The monoisotopic (exact) mass is 326 g/mol. The Labute approximate surface area is 141 Å². The van der Waals surface area contributed by atoms with E-state index in [2.05, 4.69) is 16.0 Å². The van der Waals surface area contributed by atoms with E-state index in [1.165, 1.54) is 0 Å². The van der Waals surface area contributed by atoms with E-state index in [4.69, 9.17) is 11.6 Å². The smallest absolute Gasteiger partial charge is 0.134 e. The number of fused-ring (bicyclic) bond motifs is 1. The number of anilines is 1. The molecule has 3 aromatic rings. The first-order valence-electron chi connectivity index (χ1n) is 7.65. The largest absolute Gasteiger partial charge is 0.392 e. The summed E-state index contributed by atoms with van der Waals surface area (Å²) in [6, 6.07) is 20.0. The van der Waals surface area contributed by atoms with Crippen molar-refractivity contribution in [3.63, 3.8) is 0 Å². The second kappa shape index (κ2) is 6.99. The molecule has 0 fully saturated rings. The van der Waals surface area contributed by atoms with Crippen molar-refractivity contribution in [2.45, 2.75) is 19.6 Å². The molecule has 0 aliphatic rings. The molecule has 2 aromatic carbocycles. The fourth-order valence-electron chi connectivity index (χ4n) is 2.67. The molecule has 0 saturated carbocycles. The summed E-state index contributed by atoms with van der Waals surface area (Å²) in [5.41, 5.74) is 2.90. The summed E-state index contributed by atoms with van der Waals surface area (Å²) < 4.78 is 0. The van der Waals surface area contributed by atoms with E-state index in [1.807, 2.05) is 54.6 Å². The number of aliphatic hydroxyl groups is 1. The van der Waals surface area contributed by atoms with Gasteiger partial charge in [-0.15, -0.1) is 0 Å². The van der Waals surface area contributed by atoms with Crippen LogP contribution in [0.4, 0.5) is 5.69 Å². The molecule has 1 unspecified atom stereocenters. The van der Waals surface area contributed by atoms with Crippen molar-refractivity contribution >= 4 is 28.2 Å². The molecule has 118 valence electrons. The van der Waals surface area contributed by atoms with Gasteiger partial charge in [-0.1, -0.05) is 48.0 Å². The van der Waals surface area contributed by atoms with E-state index >= 15 is 0 Å². The molecule has 0 bridgehead atoms. The van der Waals surface area contributed by atoms with Crippen molar-refractivity contribution < 1.29 is 5.11 Å². The Bertz CT molecular complexity index is 790. The number of halogens is 1. The van der Waals surface area contributed by atoms with Crippen molar-refractivity contribution in [3.8, 4) is 0 Å². The van der Waals surface area contributed by atoms with Crippen LogP contribution >= 0.6 is 11.6 Å². The van der Waals surface area contributed by atoms with E-state index in [9.17, 15) is 5.11 Å². The molecule has 23 heavy (non-hydrogen) atoms. The zero-order valence-corrected chi connectivity index (χ0v) is 13.7. The number of pyridine rings is 1.